The van der Waals surface area contributed by atoms with E-state index in [1.54, 1.807) is 0 Å². The molecule has 0 aliphatic heterocycles. The van der Waals surface area contributed by atoms with Gasteiger partial charge in [-0.3, -0.25) is 0 Å². The molecule has 14 heavy (non-hydrogen) atoms. The van der Waals surface area contributed by atoms with Crippen molar-refractivity contribution in [3.63, 3.8) is 0 Å². The summed E-state index contributed by atoms with van der Waals surface area (Å²) in [6.07, 6.45) is 3.88. The van der Waals surface area contributed by atoms with E-state index >= 15 is 0 Å². The molecule has 0 spiro atoms. The van der Waals surface area contributed by atoms with Crippen LogP contribution in [0.5, 0.6) is 0 Å². The van der Waals surface area contributed by atoms with Crippen LogP contribution in [0.25, 0.3) is 0 Å². The van der Waals surface area contributed by atoms with Gasteiger partial charge in [-0.05, 0) is 50.6 Å². The topological polar surface area (TPSA) is 38.0 Å². The molecule has 1 aliphatic rings. The predicted octanol–water partition coefficient (Wildman–Crippen LogP) is 2.14. The van der Waals surface area contributed by atoms with Crippen LogP contribution in [-0.4, -0.2) is 18.6 Å². The second-order valence-corrected chi connectivity index (χ2v) is 6.31. The van der Waals surface area contributed by atoms with Crippen LogP contribution in [0.1, 0.15) is 47.0 Å². The lowest BCUT2D eigenvalue weighted by Gasteiger charge is -2.26. The van der Waals surface area contributed by atoms with Crippen molar-refractivity contribution >= 4 is 0 Å². The lowest BCUT2D eigenvalue weighted by Crippen LogP contribution is -2.37. The average molecular weight is 198 g/mol. The van der Waals surface area contributed by atoms with Gasteiger partial charge in [0.1, 0.15) is 0 Å². The van der Waals surface area contributed by atoms with Gasteiger partial charge in [0.15, 0.2) is 0 Å². The molecule has 1 aliphatic carbocycles. The average Bonchev–Trinajstić information content (AvgIpc) is 2.76. The van der Waals surface area contributed by atoms with Crippen molar-refractivity contribution in [1.82, 2.24) is 5.32 Å². The van der Waals surface area contributed by atoms with Crippen molar-refractivity contribution in [3.8, 4) is 0 Å². The molecule has 0 amide bonds. The highest BCUT2D eigenvalue weighted by molar-refractivity contribution is 4.97. The first-order valence-electron chi connectivity index (χ1n) is 5.80. The molecule has 0 radical (unpaired) electrons. The van der Waals surface area contributed by atoms with Gasteiger partial charge in [-0.1, -0.05) is 20.8 Å². The van der Waals surface area contributed by atoms with Gasteiger partial charge in [0.25, 0.3) is 0 Å². The van der Waals surface area contributed by atoms with E-state index in [-0.39, 0.29) is 0 Å². The van der Waals surface area contributed by atoms with Crippen molar-refractivity contribution in [2.45, 2.75) is 52.5 Å². The van der Waals surface area contributed by atoms with Gasteiger partial charge in [0.2, 0.25) is 0 Å². The number of hydrogen-bond acceptors (Lipinski definition) is 2. The molecule has 0 aromatic heterocycles. The van der Waals surface area contributed by atoms with Crippen LogP contribution in [0.15, 0.2) is 0 Å². The van der Waals surface area contributed by atoms with Crippen molar-refractivity contribution in [2.24, 2.45) is 17.1 Å². The molecule has 0 bridgehead atoms. The van der Waals surface area contributed by atoms with Gasteiger partial charge in [-0.15, -0.1) is 0 Å². The summed E-state index contributed by atoms with van der Waals surface area (Å²) in [4.78, 5) is 0. The second kappa shape index (κ2) is 4.19. The second-order valence-electron chi connectivity index (χ2n) is 6.31. The summed E-state index contributed by atoms with van der Waals surface area (Å²) in [6, 6.07) is 0. The van der Waals surface area contributed by atoms with Crippen molar-refractivity contribution in [3.05, 3.63) is 0 Å². The fraction of sp³-hybridized carbons (Fsp3) is 1.00. The summed E-state index contributed by atoms with van der Waals surface area (Å²) >= 11 is 0. The summed E-state index contributed by atoms with van der Waals surface area (Å²) in [5.74, 6) is 0.632. The van der Waals surface area contributed by atoms with Gasteiger partial charge < -0.3 is 11.1 Å². The van der Waals surface area contributed by atoms with E-state index in [1.807, 2.05) is 0 Å². The van der Waals surface area contributed by atoms with Gasteiger partial charge in [-0.25, -0.2) is 0 Å². The summed E-state index contributed by atoms with van der Waals surface area (Å²) < 4.78 is 0. The maximum absolute atomic E-state index is 5.79. The first-order valence-corrected chi connectivity index (χ1v) is 5.80. The Bertz CT molecular complexity index is 177. The van der Waals surface area contributed by atoms with E-state index in [0.29, 0.717) is 16.9 Å². The number of rotatable bonds is 5. The minimum Gasteiger partial charge on any atom is -0.330 e. The van der Waals surface area contributed by atoms with Gasteiger partial charge >= 0.3 is 0 Å². The highest BCUT2D eigenvalue weighted by Crippen LogP contribution is 2.34. The first-order chi connectivity index (χ1) is 6.35. The molecule has 1 rings (SSSR count). The number of hydrogen-bond donors (Lipinski definition) is 2. The Labute approximate surface area is 88.6 Å². The molecule has 2 heteroatoms. The Balaban J connectivity index is 2.24. The molecule has 0 saturated heterocycles. The third-order valence-electron chi connectivity index (χ3n) is 3.05. The highest BCUT2D eigenvalue weighted by Gasteiger charge is 2.36. The van der Waals surface area contributed by atoms with E-state index in [2.05, 4.69) is 33.0 Å². The lowest BCUT2D eigenvalue weighted by molar-refractivity contribution is 0.282. The van der Waals surface area contributed by atoms with E-state index in [4.69, 9.17) is 5.73 Å². The molecular weight excluding hydrogens is 172 g/mol. The Hall–Kier alpha value is -0.0800. The quantitative estimate of drug-likeness (QED) is 0.710. The predicted molar refractivity (Wildman–Crippen MR) is 62.3 cm³/mol. The fourth-order valence-corrected chi connectivity index (χ4v) is 1.86. The summed E-state index contributed by atoms with van der Waals surface area (Å²) in [7, 11) is 0. The molecule has 1 unspecified atom stereocenters. The largest absolute Gasteiger partial charge is 0.330 e. The maximum Gasteiger partial charge on any atom is 0.0154 e. The summed E-state index contributed by atoms with van der Waals surface area (Å²) in [6.45, 7) is 11.1. The Morgan fingerprint density at radius 2 is 1.93 bits per heavy atom. The SMILES string of the molecule is CC(C)(C)CC(CN)CNC1(C)CC1. The van der Waals surface area contributed by atoms with Gasteiger partial charge in [0, 0.05) is 5.54 Å². The molecule has 0 aromatic rings. The molecule has 84 valence electrons. The zero-order valence-corrected chi connectivity index (χ0v) is 10.2. The minimum absolute atomic E-state index is 0.399. The van der Waals surface area contributed by atoms with E-state index in [9.17, 15) is 0 Å². The van der Waals surface area contributed by atoms with Crippen molar-refractivity contribution in [2.75, 3.05) is 13.1 Å². The van der Waals surface area contributed by atoms with Gasteiger partial charge in [-0.2, -0.15) is 0 Å². The minimum atomic E-state index is 0.399. The molecule has 0 heterocycles. The fourth-order valence-electron chi connectivity index (χ4n) is 1.86. The van der Waals surface area contributed by atoms with E-state index in [1.165, 1.54) is 19.3 Å². The third-order valence-corrected chi connectivity index (χ3v) is 3.05. The molecule has 1 atom stereocenters. The van der Waals surface area contributed by atoms with E-state index < -0.39 is 0 Å². The number of nitrogens with two attached hydrogens (primary N) is 1. The van der Waals surface area contributed by atoms with Crippen LogP contribution in [0, 0.1) is 11.3 Å². The van der Waals surface area contributed by atoms with Crippen LogP contribution in [0.3, 0.4) is 0 Å². The Morgan fingerprint density at radius 3 is 2.29 bits per heavy atom. The number of nitrogens with one attached hydrogen (secondary N) is 1. The van der Waals surface area contributed by atoms with Crippen LogP contribution in [0.2, 0.25) is 0 Å². The van der Waals surface area contributed by atoms with Crippen LogP contribution >= 0.6 is 0 Å². The molecular formula is C12H26N2. The normalized spacial score (nSPS) is 22.1. The van der Waals surface area contributed by atoms with Crippen molar-refractivity contribution in [1.29, 1.82) is 0 Å². The van der Waals surface area contributed by atoms with Crippen LogP contribution in [-0.2, 0) is 0 Å². The molecule has 2 nitrogen and oxygen atoms in total. The third kappa shape index (κ3) is 4.43. The molecule has 3 N–H and O–H groups in total. The van der Waals surface area contributed by atoms with Crippen LogP contribution < -0.4 is 11.1 Å². The smallest absolute Gasteiger partial charge is 0.0154 e. The van der Waals surface area contributed by atoms with E-state index in [0.717, 1.165) is 13.1 Å². The lowest BCUT2D eigenvalue weighted by atomic mass is 9.84. The molecule has 1 fully saturated rings. The highest BCUT2D eigenvalue weighted by atomic mass is 15.0. The zero-order valence-electron chi connectivity index (χ0n) is 10.2. The Kier molecular flexibility index (Phi) is 3.59. The first kappa shape index (κ1) is 12.0. The summed E-state index contributed by atoms with van der Waals surface area (Å²) in [5, 5.41) is 3.63. The summed E-state index contributed by atoms with van der Waals surface area (Å²) in [5.41, 5.74) is 6.64. The standard InChI is InChI=1S/C12H26N2/c1-11(2,3)7-10(8-13)9-14-12(4)5-6-12/h10,14H,5-9,13H2,1-4H3. The van der Waals surface area contributed by atoms with Crippen LogP contribution in [0.4, 0.5) is 0 Å². The monoisotopic (exact) mass is 198 g/mol. The molecule has 0 aromatic carbocycles. The zero-order chi connectivity index (χ0) is 10.8. The Morgan fingerprint density at radius 1 is 1.36 bits per heavy atom. The van der Waals surface area contributed by atoms with Gasteiger partial charge in [0.05, 0.1) is 0 Å². The molecule has 1 saturated carbocycles. The van der Waals surface area contributed by atoms with Crippen molar-refractivity contribution < 1.29 is 0 Å². The maximum atomic E-state index is 5.79.